The smallest absolute Gasteiger partial charge is 0.316 e. The molecule has 8 heteroatoms. The van der Waals surface area contributed by atoms with E-state index in [-0.39, 0.29) is 6.10 Å². The second-order valence-corrected chi connectivity index (χ2v) is 6.55. The van der Waals surface area contributed by atoms with Gasteiger partial charge in [0.15, 0.2) is 5.75 Å². The van der Waals surface area contributed by atoms with E-state index in [9.17, 15) is 0 Å². The second-order valence-electron chi connectivity index (χ2n) is 5.67. The summed E-state index contributed by atoms with van der Waals surface area (Å²) in [6.07, 6.45) is 5.81. The molecule has 0 aromatic carbocycles. The van der Waals surface area contributed by atoms with Gasteiger partial charge in [-0.2, -0.15) is 9.97 Å². The van der Waals surface area contributed by atoms with Gasteiger partial charge in [-0.3, -0.25) is 0 Å². The van der Waals surface area contributed by atoms with Crippen LogP contribution in [0.4, 0.5) is 5.82 Å². The summed E-state index contributed by atoms with van der Waals surface area (Å²) in [7, 11) is 1.59. The molecule has 24 heavy (non-hydrogen) atoms. The molecule has 0 radical (unpaired) electrons. The van der Waals surface area contributed by atoms with Crippen molar-refractivity contribution >= 4 is 27.4 Å². The zero-order chi connectivity index (χ0) is 16.5. The average Bonchev–Trinajstić information content (AvgIpc) is 3.23. The summed E-state index contributed by atoms with van der Waals surface area (Å²) in [6.45, 7) is 3.73. The van der Waals surface area contributed by atoms with Gasteiger partial charge in [0.05, 0.1) is 36.3 Å². The van der Waals surface area contributed by atoms with Crippen LogP contribution in [0.5, 0.6) is 11.8 Å². The number of aromatic nitrogens is 4. The summed E-state index contributed by atoms with van der Waals surface area (Å²) in [5, 5.41) is 2.12. The summed E-state index contributed by atoms with van der Waals surface area (Å²) in [4.78, 5) is 19.4. The van der Waals surface area contributed by atoms with E-state index < -0.39 is 0 Å². The molecule has 1 atom stereocenters. The fourth-order valence-corrected chi connectivity index (χ4v) is 3.84. The Morgan fingerprint density at radius 1 is 1.21 bits per heavy atom. The summed E-state index contributed by atoms with van der Waals surface area (Å²) in [5.74, 6) is 1.60. The Balaban J connectivity index is 1.49. The Bertz CT molecular complexity index is 851. The van der Waals surface area contributed by atoms with E-state index in [4.69, 9.17) is 9.47 Å². The highest BCUT2D eigenvalue weighted by Gasteiger charge is 2.27. The van der Waals surface area contributed by atoms with E-state index >= 15 is 0 Å². The first-order valence-corrected chi connectivity index (χ1v) is 8.59. The normalized spacial score (nSPS) is 17.4. The summed E-state index contributed by atoms with van der Waals surface area (Å²) >= 11 is 1.69. The first-order chi connectivity index (χ1) is 11.7. The number of fused-ring (bicyclic) bond motifs is 1. The highest BCUT2D eigenvalue weighted by Crippen LogP contribution is 2.32. The number of anilines is 1. The third-order valence-corrected chi connectivity index (χ3v) is 5.15. The monoisotopic (exact) mass is 343 g/mol. The van der Waals surface area contributed by atoms with Crippen LogP contribution < -0.4 is 14.4 Å². The van der Waals surface area contributed by atoms with E-state index in [1.165, 1.54) is 5.56 Å². The van der Waals surface area contributed by atoms with Crippen LogP contribution in [0.15, 0.2) is 24.1 Å². The van der Waals surface area contributed by atoms with Gasteiger partial charge in [-0.05, 0) is 17.9 Å². The van der Waals surface area contributed by atoms with Gasteiger partial charge < -0.3 is 14.4 Å². The van der Waals surface area contributed by atoms with Crippen molar-refractivity contribution < 1.29 is 9.47 Å². The Morgan fingerprint density at radius 2 is 2.04 bits per heavy atom. The third kappa shape index (κ3) is 2.73. The molecular weight excluding hydrogens is 326 g/mol. The predicted octanol–water partition coefficient (Wildman–Crippen LogP) is 2.46. The maximum absolute atomic E-state index is 5.88. The van der Waals surface area contributed by atoms with E-state index in [0.29, 0.717) is 11.8 Å². The molecule has 1 aliphatic heterocycles. The van der Waals surface area contributed by atoms with Gasteiger partial charge in [0.1, 0.15) is 18.2 Å². The molecule has 4 heterocycles. The lowest BCUT2D eigenvalue weighted by molar-refractivity contribution is 0.205. The molecule has 1 saturated heterocycles. The van der Waals surface area contributed by atoms with Crippen molar-refractivity contribution in [1.29, 1.82) is 0 Å². The van der Waals surface area contributed by atoms with Crippen molar-refractivity contribution in [3.63, 3.8) is 0 Å². The fraction of sp³-hybridized carbons (Fsp3) is 0.375. The predicted molar refractivity (Wildman–Crippen MR) is 92.0 cm³/mol. The molecule has 124 valence electrons. The fourth-order valence-electron chi connectivity index (χ4n) is 2.82. The topological polar surface area (TPSA) is 73.3 Å². The molecule has 0 bridgehead atoms. The first kappa shape index (κ1) is 15.1. The molecular formula is C16H17N5O2S. The van der Waals surface area contributed by atoms with Gasteiger partial charge in [0, 0.05) is 13.0 Å². The van der Waals surface area contributed by atoms with Gasteiger partial charge in [0.2, 0.25) is 0 Å². The number of thiophene rings is 1. The molecule has 7 nitrogen and oxygen atoms in total. The number of rotatable bonds is 4. The summed E-state index contributed by atoms with van der Waals surface area (Å²) in [5.41, 5.74) is 2.23. The van der Waals surface area contributed by atoms with E-state index in [0.717, 1.165) is 35.5 Å². The molecule has 1 unspecified atom stereocenters. The number of ether oxygens (including phenoxy) is 2. The van der Waals surface area contributed by atoms with Crippen LogP contribution in [-0.4, -0.2) is 46.2 Å². The SMILES string of the molecule is COc1cnc(OC2CCN(c3ncnc4c(C)csc34)C2)nc1. The van der Waals surface area contributed by atoms with Gasteiger partial charge in [-0.25, -0.2) is 9.97 Å². The number of hydrogen-bond donors (Lipinski definition) is 0. The Labute approximate surface area is 143 Å². The van der Waals surface area contributed by atoms with Crippen LogP contribution >= 0.6 is 11.3 Å². The zero-order valence-electron chi connectivity index (χ0n) is 13.5. The van der Waals surface area contributed by atoms with Gasteiger partial charge in [-0.15, -0.1) is 11.3 Å². The Kier molecular flexibility index (Phi) is 3.89. The molecule has 0 aliphatic carbocycles. The lowest BCUT2D eigenvalue weighted by Gasteiger charge is -2.18. The van der Waals surface area contributed by atoms with Crippen molar-refractivity contribution in [2.45, 2.75) is 19.4 Å². The highest BCUT2D eigenvalue weighted by atomic mass is 32.1. The number of hydrogen-bond acceptors (Lipinski definition) is 8. The zero-order valence-corrected chi connectivity index (χ0v) is 14.3. The van der Waals surface area contributed by atoms with Crippen molar-refractivity contribution in [2.75, 3.05) is 25.1 Å². The van der Waals surface area contributed by atoms with Crippen LogP contribution in [0.3, 0.4) is 0 Å². The maximum atomic E-state index is 5.88. The largest absolute Gasteiger partial charge is 0.494 e. The number of aryl methyl sites for hydroxylation is 1. The van der Waals surface area contributed by atoms with Gasteiger partial charge in [0.25, 0.3) is 0 Å². The molecule has 3 aromatic heterocycles. The Hall–Kier alpha value is -2.48. The Morgan fingerprint density at radius 3 is 2.83 bits per heavy atom. The number of methoxy groups -OCH3 is 1. The molecule has 3 aromatic rings. The molecule has 4 rings (SSSR count). The van der Waals surface area contributed by atoms with Crippen LogP contribution in [0.25, 0.3) is 10.2 Å². The van der Waals surface area contributed by atoms with Crippen LogP contribution in [0, 0.1) is 6.92 Å². The van der Waals surface area contributed by atoms with E-state index in [1.807, 2.05) is 0 Å². The molecule has 0 amide bonds. The van der Waals surface area contributed by atoms with Gasteiger partial charge >= 0.3 is 6.01 Å². The van der Waals surface area contributed by atoms with Crippen molar-refractivity contribution in [1.82, 2.24) is 19.9 Å². The molecule has 0 N–H and O–H groups in total. The molecule has 1 aliphatic rings. The third-order valence-electron chi connectivity index (χ3n) is 4.07. The average molecular weight is 343 g/mol. The van der Waals surface area contributed by atoms with Crippen molar-refractivity contribution in [3.05, 3.63) is 29.7 Å². The van der Waals surface area contributed by atoms with Crippen LogP contribution in [0.2, 0.25) is 0 Å². The minimum absolute atomic E-state index is 0.0458. The number of nitrogens with zero attached hydrogens (tertiary/aromatic N) is 5. The van der Waals surface area contributed by atoms with Crippen molar-refractivity contribution in [3.8, 4) is 11.8 Å². The molecule has 0 saturated carbocycles. The quantitative estimate of drug-likeness (QED) is 0.720. The second kappa shape index (κ2) is 6.20. The lowest BCUT2D eigenvalue weighted by atomic mass is 10.3. The molecule has 1 fully saturated rings. The maximum Gasteiger partial charge on any atom is 0.316 e. The van der Waals surface area contributed by atoms with Crippen molar-refractivity contribution in [2.24, 2.45) is 0 Å². The van der Waals surface area contributed by atoms with Crippen LogP contribution in [0.1, 0.15) is 12.0 Å². The minimum atomic E-state index is 0.0458. The lowest BCUT2D eigenvalue weighted by Crippen LogP contribution is -2.25. The molecule has 0 spiro atoms. The van der Waals surface area contributed by atoms with E-state index in [1.54, 1.807) is 37.2 Å². The summed E-state index contributed by atoms with van der Waals surface area (Å²) in [6, 6.07) is 0.377. The first-order valence-electron chi connectivity index (χ1n) is 7.71. The standard InChI is InChI=1S/C16H17N5O2S/c1-10-8-24-14-13(10)19-9-20-15(14)21-4-3-11(7-21)23-16-17-5-12(22-2)6-18-16/h5-6,8-9,11H,3-4,7H2,1-2H3. The summed E-state index contributed by atoms with van der Waals surface area (Å²) < 4.78 is 12.1. The minimum Gasteiger partial charge on any atom is -0.494 e. The highest BCUT2D eigenvalue weighted by molar-refractivity contribution is 7.18. The van der Waals surface area contributed by atoms with Gasteiger partial charge in [-0.1, -0.05) is 0 Å². The van der Waals surface area contributed by atoms with E-state index in [2.05, 4.69) is 37.1 Å². The van der Waals surface area contributed by atoms with Crippen LogP contribution in [-0.2, 0) is 0 Å².